The fraction of sp³-hybridized carbons (Fsp3) is 0.667. The first kappa shape index (κ1) is 16.2. The van der Waals surface area contributed by atoms with E-state index in [0.717, 1.165) is 25.0 Å². The van der Waals surface area contributed by atoms with Crippen molar-refractivity contribution in [1.82, 2.24) is 10.2 Å². The van der Waals surface area contributed by atoms with Crippen LogP contribution in [0.5, 0.6) is 0 Å². The Kier molecular flexibility index (Phi) is 6.57. The Morgan fingerprint density at radius 1 is 1.37 bits per heavy atom. The lowest BCUT2D eigenvalue weighted by atomic mass is 10.2. The van der Waals surface area contributed by atoms with Crippen LogP contribution in [0.2, 0.25) is 0 Å². The lowest BCUT2D eigenvalue weighted by Crippen LogP contribution is -2.40. The summed E-state index contributed by atoms with van der Waals surface area (Å²) in [6.07, 6.45) is 3.38. The van der Waals surface area contributed by atoms with Crippen LogP contribution < -0.4 is 5.32 Å². The number of amides is 2. The number of allylic oxidation sites excluding steroid dienone is 1. The van der Waals surface area contributed by atoms with E-state index in [0.29, 0.717) is 5.70 Å². The summed E-state index contributed by atoms with van der Waals surface area (Å²) < 4.78 is 4.55. The molecule has 1 fully saturated rings. The van der Waals surface area contributed by atoms with E-state index in [1.165, 1.54) is 7.11 Å². The molecule has 108 valence electrons. The van der Waals surface area contributed by atoms with E-state index in [9.17, 15) is 9.59 Å². The predicted molar refractivity (Wildman–Crippen MR) is 79.8 cm³/mol. The van der Waals surface area contributed by atoms with Crippen molar-refractivity contribution >= 4 is 33.6 Å². The van der Waals surface area contributed by atoms with Crippen molar-refractivity contribution in [3.05, 3.63) is 11.3 Å². The number of carbonyl (C=O) groups is 2. The maximum Gasteiger partial charge on any atom is 0.411 e. The average molecular weight is 304 g/mol. The first-order chi connectivity index (χ1) is 9.01. The fourth-order valence-electron chi connectivity index (χ4n) is 1.87. The molecule has 1 aliphatic heterocycles. The second-order valence-electron chi connectivity index (χ2n) is 4.35. The van der Waals surface area contributed by atoms with Gasteiger partial charge >= 0.3 is 6.09 Å². The minimum atomic E-state index is -0.613. The molecular formula is C12H20N2O3S2. The van der Waals surface area contributed by atoms with Crippen molar-refractivity contribution < 1.29 is 14.3 Å². The Labute approximate surface area is 121 Å². The highest BCUT2D eigenvalue weighted by molar-refractivity contribution is 8.76. The van der Waals surface area contributed by atoms with Crippen molar-refractivity contribution in [3.8, 4) is 0 Å². The molecule has 1 unspecified atom stereocenters. The summed E-state index contributed by atoms with van der Waals surface area (Å²) in [6.45, 7) is 4.34. The predicted octanol–water partition coefficient (Wildman–Crippen LogP) is 2.60. The number of likely N-dealkylation sites (tertiary alicyclic amines) is 1. The Bertz CT molecular complexity index is 381. The summed E-state index contributed by atoms with van der Waals surface area (Å²) in [6, 6.07) is 0. The highest BCUT2D eigenvalue weighted by Gasteiger charge is 2.31. The molecule has 1 heterocycles. The number of ether oxygens (including phenoxy) is 1. The first-order valence-electron chi connectivity index (χ1n) is 6.04. The normalized spacial score (nSPS) is 18.1. The van der Waals surface area contributed by atoms with E-state index in [2.05, 4.69) is 10.1 Å². The van der Waals surface area contributed by atoms with Crippen LogP contribution in [0.3, 0.4) is 0 Å². The molecule has 5 nitrogen and oxygen atoms in total. The zero-order valence-corrected chi connectivity index (χ0v) is 13.3. The molecule has 19 heavy (non-hydrogen) atoms. The van der Waals surface area contributed by atoms with E-state index >= 15 is 0 Å². The number of hydrogen-bond acceptors (Lipinski definition) is 5. The molecule has 1 aliphatic rings. The van der Waals surface area contributed by atoms with Crippen molar-refractivity contribution in [2.45, 2.75) is 32.1 Å². The van der Waals surface area contributed by atoms with Gasteiger partial charge < -0.3 is 9.64 Å². The SMILES string of the molecule is COC(=O)NC(C(=O)N1CCCC1SSC)=C(C)C. The molecule has 0 aromatic rings. The largest absolute Gasteiger partial charge is 0.453 e. The lowest BCUT2D eigenvalue weighted by molar-refractivity contribution is -0.127. The topological polar surface area (TPSA) is 58.6 Å². The third-order valence-electron chi connectivity index (χ3n) is 2.79. The third kappa shape index (κ3) is 4.35. The zero-order valence-electron chi connectivity index (χ0n) is 11.7. The smallest absolute Gasteiger partial charge is 0.411 e. The summed E-state index contributed by atoms with van der Waals surface area (Å²) in [5.74, 6) is -0.130. The van der Waals surface area contributed by atoms with Gasteiger partial charge in [-0.25, -0.2) is 4.79 Å². The Hall–Kier alpha value is -0.820. The minimum Gasteiger partial charge on any atom is -0.453 e. The third-order valence-corrected chi connectivity index (χ3v) is 4.94. The number of alkyl carbamates (subject to hydrolysis) is 1. The van der Waals surface area contributed by atoms with Gasteiger partial charge in [-0.1, -0.05) is 21.6 Å². The second kappa shape index (κ2) is 7.69. The van der Waals surface area contributed by atoms with E-state index in [1.807, 2.05) is 11.2 Å². The lowest BCUT2D eigenvalue weighted by Gasteiger charge is -2.25. The maximum absolute atomic E-state index is 12.5. The van der Waals surface area contributed by atoms with Gasteiger partial charge in [0, 0.05) is 6.54 Å². The molecule has 2 amide bonds. The summed E-state index contributed by atoms with van der Waals surface area (Å²) in [5, 5.41) is 2.69. The van der Waals surface area contributed by atoms with Crippen LogP contribution in [0.25, 0.3) is 0 Å². The number of rotatable bonds is 4. The van der Waals surface area contributed by atoms with Crippen molar-refractivity contribution in [3.63, 3.8) is 0 Å². The maximum atomic E-state index is 12.5. The fourth-order valence-corrected chi connectivity index (χ4v) is 3.93. The molecule has 0 aromatic carbocycles. The van der Waals surface area contributed by atoms with E-state index < -0.39 is 6.09 Å². The van der Waals surface area contributed by atoms with Crippen molar-refractivity contribution in [2.75, 3.05) is 19.9 Å². The monoisotopic (exact) mass is 304 g/mol. The van der Waals surface area contributed by atoms with Gasteiger partial charge in [0.25, 0.3) is 5.91 Å². The van der Waals surface area contributed by atoms with Gasteiger partial charge in [-0.15, -0.1) is 0 Å². The first-order valence-corrected chi connectivity index (χ1v) is 8.66. The molecule has 1 saturated heterocycles. The van der Waals surface area contributed by atoms with Crippen molar-refractivity contribution in [1.29, 1.82) is 0 Å². The minimum absolute atomic E-state index is 0.130. The van der Waals surface area contributed by atoms with Crippen LogP contribution in [-0.4, -0.2) is 42.2 Å². The van der Waals surface area contributed by atoms with Crippen molar-refractivity contribution in [2.24, 2.45) is 0 Å². The van der Waals surface area contributed by atoms with Crippen LogP contribution in [0.4, 0.5) is 4.79 Å². The number of carbonyl (C=O) groups excluding carboxylic acids is 2. The molecular weight excluding hydrogens is 284 g/mol. The van der Waals surface area contributed by atoms with Gasteiger partial charge in [-0.3, -0.25) is 10.1 Å². The van der Waals surface area contributed by atoms with Gasteiger partial charge in [-0.2, -0.15) is 0 Å². The van der Waals surface area contributed by atoms with Crippen LogP contribution >= 0.6 is 21.6 Å². The Balaban J connectivity index is 2.83. The molecule has 0 spiro atoms. The highest BCUT2D eigenvalue weighted by atomic mass is 33.1. The second-order valence-corrected chi connectivity index (χ2v) is 7.00. The van der Waals surface area contributed by atoms with Gasteiger partial charge in [0.15, 0.2) is 0 Å². The molecule has 0 aliphatic carbocycles. The highest BCUT2D eigenvalue weighted by Crippen LogP contribution is 2.34. The Morgan fingerprint density at radius 3 is 2.58 bits per heavy atom. The van der Waals surface area contributed by atoms with E-state index in [-0.39, 0.29) is 11.3 Å². The van der Waals surface area contributed by atoms with Gasteiger partial charge in [0.2, 0.25) is 0 Å². The summed E-state index contributed by atoms with van der Waals surface area (Å²) in [5.41, 5.74) is 1.09. The molecule has 1 rings (SSSR count). The number of nitrogens with one attached hydrogen (secondary N) is 1. The average Bonchev–Trinajstić information content (AvgIpc) is 2.83. The molecule has 0 radical (unpaired) electrons. The van der Waals surface area contributed by atoms with E-state index in [4.69, 9.17) is 0 Å². The van der Waals surface area contributed by atoms with Crippen LogP contribution in [-0.2, 0) is 9.53 Å². The number of hydrogen-bond donors (Lipinski definition) is 1. The van der Waals surface area contributed by atoms with Crippen LogP contribution in [0, 0.1) is 0 Å². The van der Waals surface area contributed by atoms with Gasteiger partial charge in [0.05, 0.1) is 12.5 Å². The number of methoxy groups -OCH3 is 1. The summed E-state index contributed by atoms with van der Waals surface area (Å²) >= 11 is 0. The number of nitrogens with zero attached hydrogens (tertiary/aromatic N) is 1. The van der Waals surface area contributed by atoms with Crippen LogP contribution in [0.1, 0.15) is 26.7 Å². The summed E-state index contributed by atoms with van der Waals surface area (Å²) in [4.78, 5) is 25.6. The van der Waals surface area contributed by atoms with Gasteiger partial charge in [0.1, 0.15) is 5.70 Å². The zero-order chi connectivity index (χ0) is 14.4. The molecule has 7 heteroatoms. The quantitative estimate of drug-likeness (QED) is 0.639. The standard InChI is InChI=1S/C12H20N2O3S2/c1-8(2)10(13-12(16)17-3)11(15)14-7-5-6-9(14)19-18-4/h9H,5-7H2,1-4H3,(H,13,16). The molecule has 0 aromatic heterocycles. The molecule has 0 saturated carbocycles. The molecule has 1 atom stereocenters. The van der Waals surface area contributed by atoms with Gasteiger partial charge in [-0.05, 0) is 38.5 Å². The van der Waals surface area contributed by atoms with Crippen LogP contribution in [0.15, 0.2) is 11.3 Å². The Morgan fingerprint density at radius 2 is 2.05 bits per heavy atom. The van der Waals surface area contributed by atoms with E-state index in [1.54, 1.807) is 35.4 Å². The molecule has 1 N–H and O–H groups in total. The summed E-state index contributed by atoms with van der Waals surface area (Å²) in [7, 11) is 4.62. The molecule has 0 bridgehead atoms.